The van der Waals surface area contributed by atoms with E-state index in [2.05, 4.69) is 0 Å². The number of hydrogen-bond donors (Lipinski definition) is 0. The highest BCUT2D eigenvalue weighted by Gasteiger charge is 2.35. The smallest absolute Gasteiger partial charge is 0.416 e. The molecule has 4 nitrogen and oxygen atoms in total. The molecule has 0 fully saturated rings. The van der Waals surface area contributed by atoms with E-state index in [-0.39, 0.29) is 22.9 Å². The highest BCUT2D eigenvalue weighted by Crippen LogP contribution is 2.40. The fourth-order valence-corrected chi connectivity index (χ4v) is 3.34. The number of rotatable bonds is 7. The number of halogens is 6. The van der Waals surface area contributed by atoms with Gasteiger partial charge in [0.15, 0.2) is 0 Å². The zero-order chi connectivity index (χ0) is 24.4. The van der Waals surface area contributed by atoms with Crippen molar-refractivity contribution in [1.82, 2.24) is 0 Å². The fourth-order valence-electron chi connectivity index (χ4n) is 3.34. The highest BCUT2D eigenvalue weighted by atomic mass is 19.4. The molecular weight excluding hydrogens is 438 g/mol. The van der Waals surface area contributed by atoms with Crippen LogP contribution in [0.2, 0.25) is 0 Å². The molecule has 10 heteroatoms. The first kappa shape index (κ1) is 25.5. The molecule has 0 aliphatic heterocycles. The number of anilines is 2. The van der Waals surface area contributed by atoms with E-state index in [1.165, 1.54) is 36.4 Å². The molecule has 0 radical (unpaired) electrons. The van der Waals surface area contributed by atoms with Gasteiger partial charge < -0.3 is 9.47 Å². The number of nitrogens with zero attached hydrogens (tertiary/aromatic N) is 2. The summed E-state index contributed by atoms with van der Waals surface area (Å²) in [5, 5.41) is 3.02. The number of hydrogen-bond acceptors (Lipinski definition) is 4. The summed E-state index contributed by atoms with van der Waals surface area (Å²) in [7, 11) is 2.49. The zero-order valence-electron chi connectivity index (χ0n) is 18.6. The maximum atomic E-state index is 13.5. The van der Waals surface area contributed by atoms with Crippen molar-refractivity contribution in [2.24, 2.45) is 0 Å². The minimum absolute atomic E-state index is 0.0224. The molecule has 0 unspecified atom stereocenters. The van der Waals surface area contributed by atoms with E-state index in [1.807, 2.05) is 0 Å². The largest absolute Gasteiger partial charge is 0.497 e. The quantitative estimate of drug-likeness (QED) is 0.333. The van der Waals surface area contributed by atoms with Crippen LogP contribution in [0, 0.1) is 0 Å². The van der Waals surface area contributed by atoms with Gasteiger partial charge in [-0.05, 0) is 52.0 Å². The average molecular weight is 464 g/mol. The molecule has 0 N–H and O–H groups in total. The number of ether oxygens (including phenoxy) is 2. The van der Waals surface area contributed by atoms with Crippen LogP contribution < -0.4 is 19.5 Å². The van der Waals surface area contributed by atoms with E-state index >= 15 is 0 Å². The van der Waals surface area contributed by atoms with Gasteiger partial charge in [0.1, 0.15) is 11.5 Å². The summed E-state index contributed by atoms with van der Waals surface area (Å²) >= 11 is 0. The van der Waals surface area contributed by atoms with Crippen LogP contribution in [-0.2, 0) is 12.4 Å². The third kappa shape index (κ3) is 5.72. The van der Waals surface area contributed by atoms with Gasteiger partial charge in [-0.1, -0.05) is 0 Å². The Balaban J connectivity index is 2.76. The molecule has 0 atom stereocenters. The standard InChI is InChI=1S/C22H26F6N2O2/c1-13(2)29(17-7-15(21(23,24)25)9-19(11-17)31-5)30(14(3)4)18-8-16(22(26,27)28)10-20(12-18)32-6/h7-14H,1-6H3. The lowest BCUT2D eigenvalue weighted by Gasteiger charge is -2.44. The summed E-state index contributed by atoms with van der Waals surface area (Å²) in [6, 6.07) is 5.64. The topological polar surface area (TPSA) is 24.9 Å². The second-order valence-corrected chi connectivity index (χ2v) is 7.71. The van der Waals surface area contributed by atoms with Crippen LogP contribution in [0.5, 0.6) is 11.5 Å². The summed E-state index contributed by atoms with van der Waals surface area (Å²) < 4.78 is 91.0. The summed E-state index contributed by atoms with van der Waals surface area (Å²) in [6.45, 7) is 6.92. The lowest BCUT2D eigenvalue weighted by Crippen LogP contribution is -2.51. The number of benzene rings is 2. The maximum Gasteiger partial charge on any atom is 0.416 e. The van der Waals surface area contributed by atoms with Gasteiger partial charge in [0.25, 0.3) is 0 Å². The molecule has 178 valence electrons. The van der Waals surface area contributed by atoms with Crippen LogP contribution in [0.25, 0.3) is 0 Å². The molecule has 2 aromatic carbocycles. The Morgan fingerprint density at radius 3 is 1.12 bits per heavy atom. The Kier molecular flexibility index (Phi) is 7.47. The summed E-state index contributed by atoms with van der Waals surface area (Å²) in [5.74, 6) is -0.0448. The van der Waals surface area contributed by atoms with Crippen molar-refractivity contribution in [2.45, 2.75) is 52.1 Å². The fraction of sp³-hybridized carbons (Fsp3) is 0.455. The molecule has 0 saturated carbocycles. The first-order chi connectivity index (χ1) is 14.7. The van der Waals surface area contributed by atoms with E-state index in [4.69, 9.17) is 9.47 Å². The van der Waals surface area contributed by atoms with Crippen LogP contribution in [0.15, 0.2) is 36.4 Å². The average Bonchev–Trinajstić information content (AvgIpc) is 2.69. The third-order valence-electron chi connectivity index (χ3n) is 4.65. The first-order valence-electron chi connectivity index (χ1n) is 9.80. The maximum absolute atomic E-state index is 13.5. The SMILES string of the molecule is COc1cc(N(C(C)C)N(c2cc(OC)cc(C(F)(F)F)c2)C(C)C)cc(C(F)(F)F)c1. The predicted molar refractivity (Wildman–Crippen MR) is 111 cm³/mol. The molecular formula is C22H26F6N2O2. The predicted octanol–water partition coefficient (Wildman–Crippen LogP) is 6.79. The van der Waals surface area contributed by atoms with Crippen molar-refractivity contribution in [1.29, 1.82) is 0 Å². The second-order valence-electron chi connectivity index (χ2n) is 7.71. The van der Waals surface area contributed by atoms with E-state index in [9.17, 15) is 26.3 Å². The monoisotopic (exact) mass is 464 g/mol. The van der Waals surface area contributed by atoms with Crippen LogP contribution in [-0.4, -0.2) is 26.3 Å². The summed E-state index contributed by atoms with van der Waals surface area (Å²) in [6.07, 6.45) is -9.26. The lowest BCUT2D eigenvalue weighted by atomic mass is 10.1. The highest BCUT2D eigenvalue weighted by molar-refractivity contribution is 5.64. The molecule has 0 aliphatic rings. The molecule has 0 saturated heterocycles. The lowest BCUT2D eigenvalue weighted by molar-refractivity contribution is -0.138. The molecule has 32 heavy (non-hydrogen) atoms. The molecule has 0 spiro atoms. The Morgan fingerprint density at radius 1 is 0.594 bits per heavy atom. The molecule has 0 bridgehead atoms. The van der Waals surface area contributed by atoms with Gasteiger partial charge in [0.05, 0.1) is 36.7 Å². The molecule has 2 aromatic rings. The van der Waals surface area contributed by atoms with Crippen LogP contribution in [0.1, 0.15) is 38.8 Å². The minimum atomic E-state index is -4.63. The van der Waals surface area contributed by atoms with Crippen LogP contribution in [0.4, 0.5) is 37.7 Å². The number of methoxy groups -OCH3 is 2. The molecule has 0 heterocycles. The van der Waals surface area contributed by atoms with Crippen molar-refractivity contribution in [3.8, 4) is 11.5 Å². The van der Waals surface area contributed by atoms with Gasteiger partial charge in [0.2, 0.25) is 0 Å². The molecule has 2 rings (SSSR count). The van der Waals surface area contributed by atoms with Crippen molar-refractivity contribution in [2.75, 3.05) is 24.2 Å². The second kappa shape index (κ2) is 9.38. The first-order valence-corrected chi connectivity index (χ1v) is 9.80. The number of hydrazine groups is 1. The van der Waals surface area contributed by atoms with E-state index < -0.39 is 35.6 Å². The van der Waals surface area contributed by atoms with Gasteiger partial charge >= 0.3 is 12.4 Å². The summed E-state index contributed by atoms with van der Waals surface area (Å²) in [5.41, 5.74) is -1.61. The number of alkyl halides is 6. The van der Waals surface area contributed by atoms with Gasteiger partial charge in [0, 0.05) is 24.2 Å². The van der Waals surface area contributed by atoms with Gasteiger partial charge in [-0.3, -0.25) is 10.0 Å². The van der Waals surface area contributed by atoms with Gasteiger partial charge in [-0.25, -0.2) is 0 Å². The Hall–Kier alpha value is -2.78. The van der Waals surface area contributed by atoms with Crippen molar-refractivity contribution in [3.05, 3.63) is 47.5 Å². The summed E-state index contributed by atoms with van der Waals surface area (Å²) in [4.78, 5) is 0. The van der Waals surface area contributed by atoms with Crippen molar-refractivity contribution < 1.29 is 35.8 Å². The Labute approximate surface area is 183 Å². The van der Waals surface area contributed by atoms with Gasteiger partial charge in [-0.15, -0.1) is 0 Å². The van der Waals surface area contributed by atoms with Crippen LogP contribution >= 0.6 is 0 Å². The van der Waals surface area contributed by atoms with Gasteiger partial charge in [-0.2, -0.15) is 26.3 Å². The molecule has 0 aliphatic carbocycles. The van der Waals surface area contributed by atoms with Crippen molar-refractivity contribution >= 4 is 11.4 Å². The Bertz CT molecular complexity index is 850. The van der Waals surface area contributed by atoms with E-state index in [0.29, 0.717) is 0 Å². The molecule has 0 amide bonds. The zero-order valence-corrected chi connectivity index (χ0v) is 18.6. The Morgan fingerprint density at radius 2 is 0.906 bits per heavy atom. The third-order valence-corrected chi connectivity index (χ3v) is 4.65. The normalized spacial score (nSPS) is 12.3. The molecule has 0 aromatic heterocycles. The van der Waals surface area contributed by atoms with Crippen LogP contribution in [0.3, 0.4) is 0 Å². The minimum Gasteiger partial charge on any atom is -0.497 e. The van der Waals surface area contributed by atoms with E-state index in [0.717, 1.165) is 24.3 Å². The van der Waals surface area contributed by atoms with E-state index in [1.54, 1.807) is 27.7 Å². The van der Waals surface area contributed by atoms with Crippen molar-refractivity contribution in [3.63, 3.8) is 0 Å².